The van der Waals surface area contributed by atoms with Gasteiger partial charge in [-0.15, -0.1) is 0 Å². The molecule has 1 unspecified atom stereocenters. The summed E-state index contributed by atoms with van der Waals surface area (Å²) >= 11 is 0. The number of hydrogen-bond donors (Lipinski definition) is 1. The molecular formula is C17H19F2N. The molecule has 0 radical (unpaired) electrons. The van der Waals surface area contributed by atoms with Gasteiger partial charge < -0.3 is 5.32 Å². The first kappa shape index (κ1) is 14.7. The minimum Gasteiger partial charge on any atom is -0.306 e. The first-order chi connectivity index (χ1) is 9.45. The molecule has 2 aromatic rings. The van der Waals surface area contributed by atoms with E-state index in [0.717, 1.165) is 6.07 Å². The van der Waals surface area contributed by atoms with Gasteiger partial charge >= 0.3 is 0 Å². The van der Waals surface area contributed by atoms with Gasteiger partial charge in [0.1, 0.15) is 11.6 Å². The number of halogens is 2. The van der Waals surface area contributed by atoms with Gasteiger partial charge in [-0.1, -0.05) is 35.4 Å². The summed E-state index contributed by atoms with van der Waals surface area (Å²) in [5, 5.41) is 3.27. The van der Waals surface area contributed by atoms with E-state index in [1.165, 1.54) is 28.8 Å². The average molecular weight is 275 g/mol. The SMILES string of the molecule is Cc1cc(C)cc(C(C)NCc2ccc(F)cc2F)c1. The standard InChI is InChI=1S/C17H19F2N/c1-11-6-12(2)8-15(7-11)13(3)20-10-14-4-5-16(18)9-17(14)19/h4-9,13,20H,10H2,1-3H3. The normalized spacial score (nSPS) is 12.4. The predicted molar refractivity (Wildman–Crippen MR) is 77.5 cm³/mol. The predicted octanol–water partition coefficient (Wildman–Crippen LogP) is 4.43. The Labute approximate surface area is 118 Å². The molecule has 106 valence electrons. The third-order valence-corrected chi connectivity index (χ3v) is 3.36. The Morgan fingerprint density at radius 1 is 1.00 bits per heavy atom. The highest BCUT2D eigenvalue weighted by Gasteiger charge is 2.08. The van der Waals surface area contributed by atoms with Crippen LogP contribution < -0.4 is 5.32 Å². The summed E-state index contributed by atoms with van der Waals surface area (Å²) in [6.07, 6.45) is 0. The van der Waals surface area contributed by atoms with Gasteiger partial charge in [0.2, 0.25) is 0 Å². The maximum Gasteiger partial charge on any atom is 0.130 e. The van der Waals surface area contributed by atoms with Gasteiger partial charge in [0, 0.05) is 24.2 Å². The Bertz CT molecular complexity index is 588. The number of hydrogen-bond acceptors (Lipinski definition) is 1. The van der Waals surface area contributed by atoms with E-state index < -0.39 is 11.6 Å². The topological polar surface area (TPSA) is 12.0 Å². The molecule has 0 amide bonds. The van der Waals surface area contributed by atoms with Crippen LogP contribution in [0.5, 0.6) is 0 Å². The molecule has 0 aliphatic carbocycles. The Balaban J connectivity index is 2.06. The summed E-state index contributed by atoms with van der Waals surface area (Å²) in [7, 11) is 0. The fraction of sp³-hybridized carbons (Fsp3) is 0.294. The summed E-state index contributed by atoms with van der Waals surface area (Å²) in [5.74, 6) is -1.06. The van der Waals surface area contributed by atoms with E-state index in [2.05, 4.69) is 37.4 Å². The van der Waals surface area contributed by atoms with E-state index in [1.54, 1.807) is 0 Å². The maximum atomic E-state index is 13.6. The number of aryl methyl sites for hydroxylation is 2. The number of rotatable bonds is 4. The van der Waals surface area contributed by atoms with Gasteiger partial charge in [0.05, 0.1) is 0 Å². The van der Waals surface area contributed by atoms with Crippen molar-refractivity contribution in [1.82, 2.24) is 5.32 Å². The van der Waals surface area contributed by atoms with Crippen LogP contribution in [0.1, 0.15) is 35.2 Å². The molecule has 20 heavy (non-hydrogen) atoms. The molecule has 0 bridgehead atoms. The van der Waals surface area contributed by atoms with Crippen LogP contribution in [0, 0.1) is 25.5 Å². The van der Waals surface area contributed by atoms with Gasteiger partial charge in [-0.3, -0.25) is 0 Å². The second kappa shape index (κ2) is 6.14. The van der Waals surface area contributed by atoms with E-state index >= 15 is 0 Å². The lowest BCUT2D eigenvalue weighted by Crippen LogP contribution is -2.19. The Hall–Kier alpha value is -1.74. The Kier molecular flexibility index (Phi) is 4.50. The first-order valence-electron chi connectivity index (χ1n) is 6.71. The molecule has 0 saturated carbocycles. The minimum atomic E-state index is -0.548. The first-order valence-corrected chi connectivity index (χ1v) is 6.71. The van der Waals surface area contributed by atoms with Crippen molar-refractivity contribution in [2.24, 2.45) is 0 Å². The molecule has 0 aromatic heterocycles. The third-order valence-electron chi connectivity index (χ3n) is 3.36. The molecule has 0 spiro atoms. The summed E-state index contributed by atoms with van der Waals surface area (Å²) in [6.45, 7) is 6.53. The van der Waals surface area contributed by atoms with Gasteiger partial charge in [0.15, 0.2) is 0 Å². The van der Waals surface area contributed by atoms with Crippen LogP contribution in [0.25, 0.3) is 0 Å². The lowest BCUT2D eigenvalue weighted by atomic mass is 10.0. The van der Waals surface area contributed by atoms with Crippen molar-refractivity contribution in [3.63, 3.8) is 0 Å². The van der Waals surface area contributed by atoms with E-state index in [4.69, 9.17) is 0 Å². The smallest absolute Gasteiger partial charge is 0.130 e. The minimum absolute atomic E-state index is 0.109. The highest BCUT2D eigenvalue weighted by Crippen LogP contribution is 2.18. The molecule has 3 heteroatoms. The van der Waals surface area contributed by atoms with E-state index in [1.807, 2.05) is 6.92 Å². The molecule has 2 aromatic carbocycles. The Morgan fingerprint density at radius 2 is 1.65 bits per heavy atom. The molecular weight excluding hydrogens is 256 g/mol. The largest absolute Gasteiger partial charge is 0.306 e. The van der Waals surface area contributed by atoms with Gasteiger partial charge in [-0.2, -0.15) is 0 Å². The molecule has 1 nitrogen and oxygen atoms in total. The zero-order valence-electron chi connectivity index (χ0n) is 12.0. The van der Waals surface area contributed by atoms with Crippen molar-refractivity contribution >= 4 is 0 Å². The van der Waals surface area contributed by atoms with Crippen LogP contribution in [-0.4, -0.2) is 0 Å². The van der Waals surface area contributed by atoms with Gasteiger partial charge in [-0.05, 0) is 32.4 Å². The molecule has 0 aliphatic rings. The van der Waals surface area contributed by atoms with Crippen molar-refractivity contribution in [1.29, 1.82) is 0 Å². The fourth-order valence-corrected chi connectivity index (χ4v) is 2.31. The van der Waals surface area contributed by atoms with Crippen molar-refractivity contribution in [3.8, 4) is 0 Å². The van der Waals surface area contributed by atoms with E-state index in [0.29, 0.717) is 12.1 Å². The molecule has 0 heterocycles. The van der Waals surface area contributed by atoms with Gasteiger partial charge in [0.25, 0.3) is 0 Å². The van der Waals surface area contributed by atoms with Crippen LogP contribution >= 0.6 is 0 Å². The van der Waals surface area contributed by atoms with Crippen LogP contribution in [0.3, 0.4) is 0 Å². The fourth-order valence-electron chi connectivity index (χ4n) is 2.31. The Morgan fingerprint density at radius 3 is 2.25 bits per heavy atom. The molecule has 0 fully saturated rings. The third kappa shape index (κ3) is 3.64. The highest BCUT2D eigenvalue weighted by molar-refractivity contribution is 5.30. The van der Waals surface area contributed by atoms with Crippen LogP contribution in [-0.2, 0) is 6.54 Å². The van der Waals surface area contributed by atoms with Crippen molar-refractivity contribution < 1.29 is 8.78 Å². The lowest BCUT2D eigenvalue weighted by Gasteiger charge is -2.16. The van der Waals surface area contributed by atoms with Crippen molar-refractivity contribution in [2.45, 2.75) is 33.4 Å². The second-order valence-corrected chi connectivity index (χ2v) is 5.26. The maximum absolute atomic E-state index is 13.6. The zero-order chi connectivity index (χ0) is 14.7. The summed E-state index contributed by atoms with van der Waals surface area (Å²) < 4.78 is 26.4. The van der Waals surface area contributed by atoms with Crippen molar-refractivity contribution in [3.05, 3.63) is 70.3 Å². The van der Waals surface area contributed by atoms with Gasteiger partial charge in [-0.25, -0.2) is 8.78 Å². The van der Waals surface area contributed by atoms with Crippen LogP contribution in [0.2, 0.25) is 0 Å². The molecule has 1 N–H and O–H groups in total. The number of benzene rings is 2. The molecule has 0 aliphatic heterocycles. The van der Waals surface area contributed by atoms with Crippen LogP contribution in [0.4, 0.5) is 8.78 Å². The monoisotopic (exact) mass is 275 g/mol. The molecule has 0 saturated heterocycles. The highest BCUT2D eigenvalue weighted by atomic mass is 19.1. The summed E-state index contributed by atoms with van der Waals surface area (Å²) in [4.78, 5) is 0. The molecule has 2 rings (SSSR count). The second-order valence-electron chi connectivity index (χ2n) is 5.26. The van der Waals surface area contributed by atoms with Crippen molar-refractivity contribution in [2.75, 3.05) is 0 Å². The summed E-state index contributed by atoms with van der Waals surface area (Å²) in [6, 6.07) is 10.1. The molecule has 1 atom stereocenters. The summed E-state index contributed by atoms with van der Waals surface area (Å²) in [5.41, 5.74) is 4.07. The van der Waals surface area contributed by atoms with E-state index in [-0.39, 0.29) is 6.04 Å². The van der Waals surface area contributed by atoms with Crippen LogP contribution in [0.15, 0.2) is 36.4 Å². The number of nitrogens with one attached hydrogen (secondary N) is 1. The quantitative estimate of drug-likeness (QED) is 0.870. The average Bonchev–Trinajstić information content (AvgIpc) is 2.36. The van der Waals surface area contributed by atoms with E-state index in [9.17, 15) is 8.78 Å². The zero-order valence-corrected chi connectivity index (χ0v) is 12.0. The lowest BCUT2D eigenvalue weighted by molar-refractivity contribution is 0.533.